The molecular formula is C13H16ClNO. The quantitative estimate of drug-likeness (QED) is 0.820. The van der Waals surface area contributed by atoms with Crippen LogP contribution in [-0.2, 0) is 6.42 Å². The summed E-state index contributed by atoms with van der Waals surface area (Å²) in [6, 6.07) is 1.88. The summed E-state index contributed by atoms with van der Waals surface area (Å²) in [7, 11) is 0. The monoisotopic (exact) mass is 237 g/mol. The van der Waals surface area contributed by atoms with Crippen LogP contribution in [0.5, 0.6) is 0 Å². The Kier molecular flexibility index (Phi) is 3.97. The van der Waals surface area contributed by atoms with Crippen LogP contribution in [0.3, 0.4) is 0 Å². The van der Waals surface area contributed by atoms with Gasteiger partial charge in [0.2, 0.25) is 0 Å². The van der Waals surface area contributed by atoms with Crippen molar-refractivity contribution < 1.29 is 5.11 Å². The summed E-state index contributed by atoms with van der Waals surface area (Å²) in [4.78, 5) is 3.94. The molecule has 0 bridgehead atoms. The fourth-order valence-corrected chi connectivity index (χ4v) is 2.32. The van der Waals surface area contributed by atoms with Gasteiger partial charge in [0.05, 0.1) is 11.1 Å². The molecule has 0 aromatic carbocycles. The van der Waals surface area contributed by atoms with Crippen molar-refractivity contribution in [1.82, 2.24) is 4.98 Å². The van der Waals surface area contributed by atoms with Crippen LogP contribution in [0.4, 0.5) is 0 Å². The molecule has 2 atom stereocenters. The van der Waals surface area contributed by atoms with Gasteiger partial charge in [-0.25, -0.2) is 0 Å². The van der Waals surface area contributed by atoms with Crippen LogP contribution < -0.4 is 0 Å². The first-order valence-electron chi connectivity index (χ1n) is 5.69. The van der Waals surface area contributed by atoms with E-state index in [-0.39, 0.29) is 6.10 Å². The first kappa shape index (κ1) is 11.6. The number of hydrogen-bond acceptors (Lipinski definition) is 2. The molecule has 0 saturated heterocycles. The number of aliphatic hydroxyl groups is 1. The Labute approximate surface area is 101 Å². The fourth-order valence-electron chi connectivity index (χ4n) is 2.13. The highest BCUT2D eigenvalue weighted by atomic mass is 35.5. The van der Waals surface area contributed by atoms with Gasteiger partial charge in [-0.2, -0.15) is 0 Å². The minimum atomic E-state index is -0.301. The molecule has 0 amide bonds. The van der Waals surface area contributed by atoms with Gasteiger partial charge in [0.1, 0.15) is 0 Å². The second-order valence-corrected chi connectivity index (χ2v) is 4.69. The standard InChI is InChI=1S/C13H16ClNO/c14-12-9-15-7-6-11(12)8-13(16)10-4-2-1-3-5-10/h1-2,6-7,9-10,13,16H,3-5,8H2. The van der Waals surface area contributed by atoms with E-state index in [2.05, 4.69) is 17.1 Å². The Morgan fingerprint density at radius 1 is 1.50 bits per heavy atom. The van der Waals surface area contributed by atoms with Crippen molar-refractivity contribution in [3.05, 3.63) is 41.2 Å². The van der Waals surface area contributed by atoms with Gasteiger partial charge < -0.3 is 5.11 Å². The van der Waals surface area contributed by atoms with Gasteiger partial charge >= 0.3 is 0 Å². The van der Waals surface area contributed by atoms with Gasteiger partial charge in [0.15, 0.2) is 0 Å². The molecule has 0 radical (unpaired) electrons. The summed E-state index contributed by atoms with van der Waals surface area (Å²) in [6.07, 6.45) is 11.1. The molecule has 1 heterocycles. The summed E-state index contributed by atoms with van der Waals surface area (Å²) in [5, 5.41) is 10.8. The maximum Gasteiger partial charge on any atom is 0.0622 e. The van der Waals surface area contributed by atoms with Crippen LogP contribution in [0.1, 0.15) is 24.8 Å². The average Bonchev–Trinajstić information content (AvgIpc) is 2.33. The van der Waals surface area contributed by atoms with E-state index in [0.29, 0.717) is 17.4 Å². The molecule has 3 heteroatoms. The molecule has 16 heavy (non-hydrogen) atoms. The molecule has 1 aliphatic rings. The van der Waals surface area contributed by atoms with Gasteiger partial charge in [-0.15, -0.1) is 0 Å². The molecule has 86 valence electrons. The molecule has 1 aliphatic carbocycles. The molecule has 0 saturated carbocycles. The number of hydrogen-bond donors (Lipinski definition) is 1. The lowest BCUT2D eigenvalue weighted by molar-refractivity contribution is 0.102. The number of pyridine rings is 1. The van der Waals surface area contributed by atoms with E-state index in [9.17, 15) is 5.11 Å². The molecule has 0 fully saturated rings. The van der Waals surface area contributed by atoms with E-state index >= 15 is 0 Å². The SMILES string of the molecule is OC(Cc1ccncc1Cl)C1CC=CCC1. The molecule has 1 aromatic heterocycles. The second kappa shape index (κ2) is 5.46. The summed E-state index contributed by atoms with van der Waals surface area (Å²) < 4.78 is 0. The first-order valence-corrected chi connectivity index (χ1v) is 6.06. The Hall–Kier alpha value is -0.860. The topological polar surface area (TPSA) is 33.1 Å². The van der Waals surface area contributed by atoms with Crippen LogP contribution >= 0.6 is 11.6 Å². The maximum absolute atomic E-state index is 10.1. The molecule has 0 aliphatic heterocycles. The van der Waals surface area contributed by atoms with Gasteiger partial charge in [-0.05, 0) is 36.8 Å². The number of halogens is 1. The third-order valence-corrected chi connectivity index (χ3v) is 3.48. The zero-order valence-corrected chi connectivity index (χ0v) is 9.90. The van der Waals surface area contributed by atoms with Crippen molar-refractivity contribution in [2.24, 2.45) is 5.92 Å². The third-order valence-electron chi connectivity index (χ3n) is 3.14. The van der Waals surface area contributed by atoms with E-state index < -0.39 is 0 Å². The number of rotatable bonds is 3. The third kappa shape index (κ3) is 2.83. The van der Waals surface area contributed by atoms with E-state index in [1.807, 2.05) is 6.07 Å². The summed E-state index contributed by atoms with van der Waals surface area (Å²) in [5.74, 6) is 0.370. The first-order chi connectivity index (χ1) is 7.77. The van der Waals surface area contributed by atoms with Gasteiger partial charge in [-0.1, -0.05) is 23.8 Å². The molecule has 1 aromatic rings. The van der Waals surface area contributed by atoms with E-state index in [1.165, 1.54) is 0 Å². The van der Waals surface area contributed by atoms with Gasteiger partial charge in [0.25, 0.3) is 0 Å². The maximum atomic E-state index is 10.1. The molecule has 1 N–H and O–H groups in total. The van der Waals surface area contributed by atoms with Crippen molar-refractivity contribution in [3.63, 3.8) is 0 Å². The lowest BCUT2D eigenvalue weighted by Crippen LogP contribution is -2.23. The number of nitrogens with zero attached hydrogens (tertiary/aromatic N) is 1. The lowest BCUT2D eigenvalue weighted by Gasteiger charge is -2.23. The highest BCUT2D eigenvalue weighted by molar-refractivity contribution is 6.31. The number of allylic oxidation sites excluding steroid dienone is 2. The van der Waals surface area contributed by atoms with E-state index in [4.69, 9.17) is 11.6 Å². The molecular weight excluding hydrogens is 222 g/mol. The van der Waals surface area contributed by atoms with Gasteiger partial charge in [0, 0.05) is 18.8 Å². The van der Waals surface area contributed by atoms with E-state index in [0.717, 1.165) is 24.8 Å². The summed E-state index contributed by atoms with van der Waals surface area (Å²) in [6.45, 7) is 0. The zero-order valence-electron chi connectivity index (χ0n) is 9.14. The largest absolute Gasteiger partial charge is 0.392 e. The Balaban J connectivity index is 1.99. The summed E-state index contributed by atoms with van der Waals surface area (Å²) in [5.41, 5.74) is 0.985. The Morgan fingerprint density at radius 3 is 3.06 bits per heavy atom. The Bertz CT molecular complexity index is 378. The van der Waals surface area contributed by atoms with Crippen LogP contribution in [0.2, 0.25) is 5.02 Å². The lowest BCUT2D eigenvalue weighted by atomic mass is 9.87. The van der Waals surface area contributed by atoms with Crippen LogP contribution in [0.25, 0.3) is 0 Å². The normalized spacial score (nSPS) is 22.0. The minimum absolute atomic E-state index is 0.301. The average molecular weight is 238 g/mol. The molecule has 0 spiro atoms. The van der Waals surface area contributed by atoms with E-state index in [1.54, 1.807) is 12.4 Å². The van der Waals surface area contributed by atoms with Gasteiger partial charge in [-0.3, -0.25) is 4.98 Å². The highest BCUT2D eigenvalue weighted by Crippen LogP contribution is 2.25. The van der Waals surface area contributed by atoms with Crippen molar-refractivity contribution in [1.29, 1.82) is 0 Å². The molecule has 2 rings (SSSR count). The smallest absolute Gasteiger partial charge is 0.0622 e. The van der Waals surface area contributed by atoms with Crippen LogP contribution in [0, 0.1) is 5.92 Å². The number of aromatic nitrogens is 1. The van der Waals surface area contributed by atoms with Crippen LogP contribution in [0.15, 0.2) is 30.6 Å². The molecule has 2 nitrogen and oxygen atoms in total. The van der Waals surface area contributed by atoms with Crippen molar-refractivity contribution >= 4 is 11.6 Å². The minimum Gasteiger partial charge on any atom is -0.392 e. The second-order valence-electron chi connectivity index (χ2n) is 4.28. The predicted octanol–water partition coefficient (Wildman–Crippen LogP) is 2.99. The summed E-state index contributed by atoms with van der Waals surface area (Å²) >= 11 is 6.02. The highest BCUT2D eigenvalue weighted by Gasteiger charge is 2.20. The fraction of sp³-hybridized carbons (Fsp3) is 0.462. The predicted molar refractivity (Wildman–Crippen MR) is 65.4 cm³/mol. The number of aliphatic hydroxyl groups excluding tert-OH is 1. The molecule has 2 unspecified atom stereocenters. The Morgan fingerprint density at radius 2 is 2.38 bits per heavy atom. The van der Waals surface area contributed by atoms with Crippen molar-refractivity contribution in [2.45, 2.75) is 31.8 Å². The van der Waals surface area contributed by atoms with Crippen molar-refractivity contribution in [2.75, 3.05) is 0 Å². The van der Waals surface area contributed by atoms with Crippen LogP contribution in [-0.4, -0.2) is 16.2 Å². The zero-order chi connectivity index (χ0) is 11.4. The van der Waals surface area contributed by atoms with Crippen molar-refractivity contribution in [3.8, 4) is 0 Å².